The van der Waals surface area contributed by atoms with Gasteiger partial charge in [-0.25, -0.2) is 0 Å². The van der Waals surface area contributed by atoms with Gasteiger partial charge in [-0.05, 0) is 20.3 Å². The Morgan fingerprint density at radius 2 is 1.59 bits per heavy atom. The quantitative estimate of drug-likeness (QED) is 0.719. The van der Waals surface area contributed by atoms with Crippen molar-refractivity contribution in [3.8, 4) is 0 Å². The summed E-state index contributed by atoms with van der Waals surface area (Å²) in [5, 5.41) is 0. The lowest BCUT2D eigenvalue weighted by Gasteiger charge is -2.24. The van der Waals surface area contributed by atoms with Crippen LogP contribution >= 0.6 is 0 Å². The van der Waals surface area contributed by atoms with Gasteiger partial charge in [0.2, 0.25) is 0 Å². The second kappa shape index (κ2) is 6.54. The molecule has 2 saturated heterocycles. The second-order valence-corrected chi connectivity index (χ2v) is 6.91. The predicted molar refractivity (Wildman–Crippen MR) is 78.2 cm³/mol. The summed E-state index contributed by atoms with van der Waals surface area (Å²) in [6.07, 6.45) is -0.885. The molecule has 0 aromatic carbocycles. The van der Waals surface area contributed by atoms with E-state index in [2.05, 4.69) is 0 Å². The molecule has 2 rings (SSSR count). The van der Waals surface area contributed by atoms with Gasteiger partial charge < -0.3 is 18.9 Å². The lowest BCUT2D eigenvalue weighted by atomic mass is 9.90. The number of fused-ring (bicyclic) bond motifs is 1. The van der Waals surface area contributed by atoms with Crippen molar-refractivity contribution in [2.24, 2.45) is 11.3 Å². The fraction of sp³-hybridized carbons (Fsp3) is 0.875. The van der Waals surface area contributed by atoms with Gasteiger partial charge in [0.25, 0.3) is 0 Å². The van der Waals surface area contributed by atoms with Crippen molar-refractivity contribution < 1.29 is 28.5 Å². The van der Waals surface area contributed by atoms with E-state index >= 15 is 0 Å². The first-order chi connectivity index (χ1) is 10.3. The van der Waals surface area contributed by atoms with Crippen LogP contribution in [-0.4, -0.2) is 49.6 Å². The van der Waals surface area contributed by atoms with Crippen LogP contribution in [0.4, 0.5) is 0 Å². The summed E-state index contributed by atoms with van der Waals surface area (Å²) in [5.41, 5.74) is -0.528. The summed E-state index contributed by atoms with van der Waals surface area (Å²) >= 11 is 0. The number of hydrogen-bond acceptors (Lipinski definition) is 6. The van der Waals surface area contributed by atoms with Crippen molar-refractivity contribution in [1.82, 2.24) is 0 Å². The van der Waals surface area contributed by atoms with E-state index in [1.165, 1.54) is 0 Å². The molecule has 2 aliphatic heterocycles. The first-order valence-electron chi connectivity index (χ1n) is 7.91. The van der Waals surface area contributed by atoms with Gasteiger partial charge in [0, 0.05) is 0 Å². The smallest absolute Gasteiger partial charge is 0.311 e. The van der Waals surface area contributed by atoms with Crippen LogP contribution in [0.3, 0.4) is 0 Å². The minimum absolute atomic E-state index is 0.195. The van der Waals surface area contributed by atoms with E-state index in [0.717, 1.165) is 0 Å². The molecular weight excluding hydrogens is 288 g/mol. The van der Waals surface area contributed by atoms with Gasteiger partial charge in [-0.1, -0.05) is 20.8 Å². The highest BCUT2D eigenvalue weighted by atomic mass is 16.7. The summed E-state index contributed by atoms with van der Waals surface area (Å²) < 4.78 is 22.3. The molecule has 0 aromatic heterocycles. The third-order valence-electron chi connectivity index (χ3n) is 4.40. The van der Waals surface area contributed by atoms with E-state index in [9.17, 15) is 9.59 Å². The van der Waals surface area contributed by atoms with Gasteiger partial charge in [0.15, 0.2) is 12.2 Å². The Morgan fingerprint density at radius 1 is 1.09 bits per heavy atom. The standard InChI is InChI=1S/C16H26O6/c1-6-16(4,5)15(18)22-11-8-20-12-10(7-19-13(11)12)21-14(17)9(2)3/h9-13H,6-8H2,1-5H3/t10-,11+,12?,13?/m0/s1. The Morgan fingerprint density at radius 3 is 2.05 bits per heavy atom. The predicted octanol–water partition coefficient (Wildman–Crippen LogP) is 1.70. The Balaban J connectivity index is 1.93. The van der Waals surface area contributed by atoms with Crippen LogP contribution < -0.4 is 0 Å². The Kier molecular flexibility index (Phi) is 5.12. The molecule has 0 saturated carbocycles. The van der Waals surface area contributed by atoms with Crippen LogP contribution in [0.1, 0.15) is 41.0 Å². The van der Waals surface area contributed by atoms with Gasteiger partial charge >= 0.3 is 11.9 Å². The third kappa shape index (κ3) is 3.43. The molecule has 2 aliphatic rings. The highest BCUT2D eigenvalue weighted by Gasteiger charge is 2.51. The maximum absolute atomic E-state index is 12.2. The fourth-order valence-electron chi connectivity index (χ4n) is 2.36. The van der Waals surface area contributed by atoms with Crippen LogP contribution in [0.25, 0.3) is 0 Å². The molecule has 2 heterocycles. The van der Waals surface area contributed by atoms with Crippen molar-refractivity contribution in [3.63, 3.8) is 0 Å². The van der Waals surface area contributed by atoms with E-state index in [0.29, 0.717) is 6.42 Å². The van der Waals surface area contributed by atoms with E-state index in [-0.39, 0.29) is 43.3 Å². The second-order valence-electron chi connectivity index (χ2n) is 6.91. The number of carbonyl (C=O) groups is 2. The molecule has 6 heteroatoms. The van der Waals surface area contributed by atoms with Crippen LogP contribution in [0.2, 0.25) is 0 Å². The molecule has 0 N–H and O–H groups in total. The highest BCUT2D eigenvalue weighted by Crippen LogP contribution is 2.32. The van der Waals surface area contributed by atoms with Crippen LogP contribution in [0.15, 0.2) is 0 Å². The molecule has 2 fully saturated rings. The summed E-state index contributed by atoms with van der Waals surface area (Å²) in [5.74, 6) is -0.722. The molecule has 6 nitrogen and oxygen atoms in total. The molecular formula is C16H26O6. The Bertz CT molecular complexity index is 430. The maximum Gasteiger partial charge on any atom is 0.311 e. The molecule has 22 heavy (non-hydrogen) atoms. The fourth-order valence-corrected chi connectivity index (χ4v) is 2.36. The number of ether oxygens (including phenoxy) is 4. The highest BCUT2D eigenvalue weighted by molar-refractivity contribution is 5.76. The maximum atomic E-state index is 12.2. The van der Waals surface area contributed by atoms with Gasteiger partial charge in [-0.2, -0.15) is 0 Å². The molecule has 0 aliphatic carbocycles. The number of hydrogen-bond donors (Lipinski definition) is 0. The topological polar surface area (TPSA) is 71.1 Å². The summed E-state index contributed by atoms with van der Waals surface area (Å²) in [6, 6.07) is 0. The number of rotatable bonds is 5. The molecule has 2 unspecified atom stereocenters. The zero-order valence-electron chi connectivity index (χ0n) is 14.0. The average Bonchev–Trinajstić information content (AvgIpc) is 3.02. The van der Waals surface area contributed by atoms with Crippen molar-refractivity contribution in [3.05, 3.63) is 0 Å². The van der Waals surface area contributed by atoms with E-state index in [1.807, 2.05) is 20.8 Å². The van der Waals surface area contributed by atoms with Crippen molar-refractivity contribution in [2.45, 2.75) is 65.5 Å². The van der Waals surface area contributed by atoms with E-state index in [1.54, 1.807) is 13.8 Å². The summed E-state index contributed by atoms with van der Waals surface area (Å²) in [6.45, 7) is 9.76. The lowest BCUT2D eigenvalue weighted by Crippen LogP contribution is -2.38. The van der Waals surface area contributed by atoms with Crippen molar-refractivity contribution >= 4 is 11.9 Å². The van der Waals surface area contributed by atoms with Gasteiger partial charge in [-0.15, -0.1) is 0 Å². The van der Waals surface area contributed by atoms with Gasteiger partial charge in [-0.3, -0.25) is 9.59 Å². The van der Waals surface area contributed by atoms with E-state index in [4.69, 9.17) is 18.9 Å². The van der Waals surface area contributed by atoms with Crippen LogP contribution in [0.5, 0.6) is 0 Å². The molecule has 126 valence electrons. The minimum atomic E-state index is -0.528. The van der Waals surface area contributed by atoms with Crippen molar-refractivity contribution in [2.75, 3.05) is 13.2 Å². The van der Waals surface area contributed by atoms with Crippen LogP contribution in [0, 0.1) is 11.3 Å². The molecule has 0 aromatic rings. The van der Waals surface area contributed by atoms with E-state index < -0.39 is 17.6 Å². The normalized spacial score (nSPS) is 31.2. The largest absolute Gasteiger partial charge is 0.457 e. The Hall–Kier alpha value is -1.14. The molecule has 0 bridgehead atoms. The monoisotopic (exact) mass is 314 g/mol. The molecule has 4 atom stereocenters. The molecule has 0 radical (unpaired) electrons. The summed E-state index contributed by atoms with van der Waals surface area (Å²) in [4.78, 5) is 23.9. The first-order valence-corrected chi connectivity index (χ1v) is 7.91. The minimum Gasteiger partial charge on any atom is -0.457 e. The molecule has 0 spiro atoms. The Labute approximate surface area is 131 Å². The summed E-state index contributed by atoms with van der Waals surface area (Å²) in [7, 11) is 0. The number of carbonyl (C=O) groups excluding carboxylic acids is 2. The lowest BCUT2D eigenvalue weighted by molar-refractivity contribution is -0.164. The van der Waals surface area contributed by atoms with Crippen LogP contribution in [-0.2, 0) is 28.5 Å². The third-order valence-corrected chi connectivity index (χ3v) is 4.40. The average molecular weight is 314 g/mol. The molecule has 0 amide bonds. The van der Waals surface area contributed by atoms with Crippen molar-refractivity contribution in [1.29, 1.82) is 0 Å². The zero-order valence-corrected chi connectivity index (χ0v) is 14.0. The number of esters is 2. The van der Waals surface area contributed by atoms with Gasteiger partial charge in [0.1, 0.15) is 12.2 Å². The first kappa shape index (κ1) is 17.2. The zero-order chi connectivity index (χ0) is 16.5. The SMILES string of the molecule is CCC(C)(C)C(=O)O[C@@H]1COC2C1OC[C@@H]2OC(=O)C(C)C. The van der Waals surface area contributed by atoms with Gasteiger partial charge in [0.05, 0.1) is 24.5 Å².